The van der Waals surface area contributed by atoms with Crippen LogP contribution >= 0.6 is 0 Å². The summed E-state index contributed by atoms with van der Waals surface area (Å²) in [4.78, 5) is 24.4. The lowest BCUT2D eigenvalue weighted by molar-refractivity contribution is -0.121. The van der Waals surface area contributed by atoms with Crippen molar-refractivity contribution in [1.82, 2.24) is 10.6 Å². The molecule has 2 amide bonds. The fraction of sp³-hybridized carbons (Fsp3) is 0.263. The molecule has 2 rings (SSSR count). The zero-order valence-electron chi connectivity index (χ0n) is 13.3. The third-order valence-electron chi connectivity index (χ3n) is 3.50. The van der Waals surface area contributed by atoms with Gasteiger partial charge in [0.25, 0.3) is 5.91 Å². The molecule has 0 radical (unpaired) electrons. The summed E-state index contributed by atoms with van der Waals surface area (Å²) < 4.78 is 0. The number of benzene rings is 2. The minimum atomic E-state index is -0.347. The molecule has 2 aromatic rings. The van der Waals surface area contributed by atoms with E-state index in [0.717, 1.165) is 12.0 Å². The minimum absolute atomic E-state index is 0.0611. The van der Waals surface area contributed by atoms with Gasteiger partial charge in [0.05, 0.1) is 12.5 Å². The molecular formula is C19H22N2O2. The van der Waals surface area contributed by atoms with E-state index in [2.05, 4.69) is 10.6 Å². The Labute approximate surface area is 136 Å². The molecule has 2 N–H and O–H groups in total. The van der Waals surface area contributed by atoms with Gasteiger partial charge >= 0.3 is 0 Å². The van der Waals surface area contributed by atoms with Crippen LogP contribution in [0.5, 0.6) is 0 Å². The molecule has 4 nitrogen and oxygen atoms in total. The van der Waals surface area contributed by atoms with Crippen LogP contribution in [0.15, 0.2) is 60.7 Å². The maximum absolute atomic E-state index is 12.4. The van der Waals surface area contributed by atoms with Crippen molar-refractivity contribution in [2.24, 2.45) is 0 Å². The van der Waals surface area contributed by atoms with Gasteiger partial charge in [-0.1, -0.05) is 55.5 Å². The normalized spacial score (nSPS) is 11.5. The average molecular weight is 310 g/mol. The molecule has 0 aliphatic carbocycles. The molecule has 0 spiro atoms. The molecule has 2 aromatic carbocycles. The van der Waals surface area contributed by atoms with Crippen LogP contribution in [0.25, 0.3) is 0 Å². The van der Waals surface area contributed by atoms with E-state index in [1.165, 1.54) is 0 Å². The second-order valence-corrected chi connectivity index (χ2v) is 5.36. The minimum Gasteiger partial charge on any atom is -0.356 e. The molecule has 0 aromatic heterocycles. The summed E-state index contributed by atoms with van der Waals surface area (Å²) in [7, 11) is 0. The zero-order chi connectivity index (χ0) is 16.5. The SMILES string of the molecule is CCCNC(=O)C[C@H](NC(=O)c1ccccc1)c1ccccc1. The van der Waals surface area contributed by atoms with Gasteiger partial charge in [-0.25, -0.2) is 0 Å². The Morgan fingerprint density at radius 2 is 1.57 bits per heavy atom. The van der Waals surface area contributed by atoms with E-state index in [1.807, 2.05) is 55.5 Å². The monoisotopic (exact) mass is 310 g/mol. The van der Waals surface area contributed by atoms with Gasteiger partial charge in [0.1, 0.15) is 0 Å². The molecule has 0 bridgehead atoms. The van der Waals surface area contributed by atoms with Crippen LogP contribution < -0.4 is 10.6 Å². The Bertz CT molecular complexity index is 626. The summed E-state index contributed by atoms with van der Waals surface area (Å²) in [5.41, 5.74) is 1.51. The summed E-state index contributed by atoms with van der Waals surface area (Å²) >= 11 is 0. The Morgan fingerprint density at radius 3 is 2.17 bits per heavy atom. The van der Waals surface area contributed by atoms with E-state index in [4.69, 9.17) is 0 Å². The first-order valence-corrected chi connectivity index (χ1v) is 7.88. The van der Waals surface area contributed by atoms with Crippen molar-refractivity contribution in [3.63, 3.8) is 0 Å². The summed E-state index contributed by atoms with van der Waals surface area (Å²) in [5.74, 6) is -0.239. The van der Waals surface area contributed by atoms with Crippen LogP contribution in [0.3, 0.4) is 0 Å². The van der Waals surface area contributed by atoms with Crippen molar-refractivity contribution >= 4 is 11.8 Å². The van der Waals surface area contributed by atoms with Crippen LogP contribution in [0.1, 0.15) is 41.7 Å². The van der Waals surface area contributed by atoms with E-state index in [0.29, 0.717) is 12.1 Å². The van der Waals surface area contributed by atoms with E-state index in [9.17, 15) is 9.59 Å². The van der Waals surface area contributed by atoms with Crippen molar-refractivity contribution in [3.8, 4) is 0 Å². The number of hydrogen-bond donors (Lipinski definition) is 2. The average Bonchev–Trinajstić information content (AvgIpc) is 2.61. The summed E-state index contributed by atoms with van der Waals surface area (Å²) in [6, 6.07) is 18.2. The van der Waals surface area contributed by atoms with E-state index >= 15 is 0 Å². The van der Waals surface area contributed by atoms with Gasteiger partial charge in [0, 0.05) is 12.1 Å². The number of amides is 2. The molecule has 0 unspecified atom stereocenters. The van der Waals surface area contributed by atoms with E-state index in [1.54, 1.807) is 12.1 Å². The first-order valence-electron chi connectivity index (χ1n) is 7.88. The molecular weight excluding hydrogens is 288 g/mol. The Balaban J connectivity index is 2.10. The number of rotatable bonds is 7. The third kappa shape index (κ3) is 5.25. The highest BCUT2D eigenvalue weighted by Gasteiger charge is 2.18. The van der Waals surface area contributed by atoms with Crippen LogP contribution in [0, 0.1) is 0 Å². The molecule has 0 fully saturated rings. The van der Waals surface area contributed by atoms with Gasteiger partial charge in [-0.3, -0.25) is 9.59 Å². The van der Waals surface area contributed by atoms with E-state index < -0.39 is 0 Å². The second-order valence-electron chi connectivity index (χ2n) is 5.36. The highest BCUT2D eigenvalue weighted by atomic mass is 16.2. The smallest absolute Gasteiger partial charge is 0.251 e. The predicted molar refractivity (Wildman–Crippen MR) is 91.0 cm³/mol. The topological polar surface area (TPSA) is 58.2 Å². The van der Waals surface area contributed by atoms with Crippen molar-refractivity contribution in [2.45, 2.75) is 25.8 Å². The highest BCUT2D eigenvalue weighted by molar-refractivity contribution is 5.94. The van der Waals surface area contributed by atoms with Gasteiger partial charge in [-0.15, -0.1) is 0 Å². The maximum atomic E-state index is 12.4. The lowest BCUT2D eigenvalue weighted by atomic mass is 10.0. The molecule has 120 valence electrons. The van der Waals surface area contributed by atoms with Crippen molar-refractivity contribution in [3.05, 3.63) is 71.8 Å². The predicted octanol–water partition coefficient (Wildman–Crippen LogP) is 3.07. The molecule has 1 atom stereocenters. The van der Waals surface area contributed by atoms with Gasteiger partial charge in [-0.2, -0.15) is 0 Å². The Morgan fingerprint density at radius 1 is 0.957 bits per heavy atom. The molecule has 0 aliphatic heterocycles. The fourth-order valence-electron chi connectivity index (χ4n) is 2.29. The van der Waals surface area contributed by atoms with Gasteiger partial charge in [-0.05, 0) is 24.1 Å². The Hall–Kier alpha value is -2.62. The molecule has 4 heteroatoms. The molecule has 0 saturated heterocycles. The molecule has 23 heavy (non-hydrogen) atoms. The first kappa shape index (κ1) is 16.7. The second kappa shape index (κ2) is 8.73. The lowest BCUT2D eigenvalue weighted by Crippen LogP contribution is -2.34. The molecule has 0 heterocycles. The van der Waals surface area contributed by atoms with Gasteiger partial charge in [0.2, 0.25) is 5.91 Å². The van der Waals surface area contributed by atoms with Crippen molar-refractivity contribution < 1.29 is 9.59 Å². The van der Waals surface area contributed by atoms with Crippen molar-refractivity contribution in [1.29, 1.82) is 0 Å². The van der Waals surface area contributed by atoms with Crippen LogP contribution in [0.4, 0.5) is 0 Å². The largest absolute Gasteiger partial charge is 0.356 e. The maximum Gasteiger partial charge on any atom is 0.251 e. The fourth-order valence-corrected chi connectivity index (χ4v) is 2.29. The molecule has 0 saturated carbocycles. The Kier molecular flexibility index (Phi) is 6.36. The van der Waals surface area contributed by atoms with E-state index in [-0.39, 0.29) is 24.3 Å². The highest BCUT2D eigenvalue weighted by Crippen LogP contribution is 2.17. The lowest BCUT2D eigenvalue weighted by Gasteiger charge is -2.19. The standard InChI is InChI=1S/C19H22N2O2/c1-2-13-20-18(22)14-17(15-9-5-3-6-10-15)21-19(23)16-11-7-4-8-12-16/h3-12,17H,2,13-14H2,1H3,(H,20,22)(H,21,23)/t17-/m0/s1. The van der Waals surface area contributed by atoms with Gasteiger partial charge < -0.3 is 10.6 Å². The number of nitrogens with one attached hydrogen (secondary N) is 2. The van der Waals surface area contributed by atoms with Crippen molar-refractivity contribution in [2.75, 3.05) is 6.54 Å². The first-order chi connectivity index (χ1) is 11.2. The van der Waals surface area contributed by atoms with Crippen LogP contribution in [-0.2, 0) is 4.79 Å². The van der Waals surface area contributed by atoms with Gasteiger partial charge in [0.15, 0.2) is 0 Å². The number of carbonyl (C=O) groups excluding carboxylic acids is 2. The number of hydrogen-bond acceptors (Lipinski definition) is 2. The third-order valence-corrected chi connectivity index (χ3v) is 3.50. The summed E-state index contributed by atoms with van der Waals surface area (Å²) in [6.07, 6.45) is 1.11. The summed E-state index contributed by atoms with van der Waals surface area (Å²) in [5, 5.41) is 5.81. The number of carbonyl (C=O) groups is 2. The summed E-state index contributed by atoms with van der Waals surface area (Å²) in [6.45, 7) is 2.65. The van der Waals surface area contributed by atoms with Crippen LogP contribution in [-0.4, -0.2) is 18.4 Å². The van der Waals surface area contributed by atoms with Crippen LogP contribution in [0.2, 0.25) is 0 Å². The quantitative estimate of drug-likeness (QED) is 0.825. The molecule has 0 aliphatic rings. The zero-order valence-corrected chi connectivity index (χ0v) is 13.3.